The van der Waals surface area contributed by atoms with Crippen LogP contribution in [0.1, 0.15) is 11.1 Å². The lowest BCUT2D eigenvalue weighted by molar-refractivity contribution is 0.611. The Balaban J connectivity index is 1.82. The third-order valence-corrected chi connectivity index (χ3v) is 3.09. The van der Waals surface area contributed by atoms with Gasteiger partial charge in [0, 0.05) is 23.2 Å². The lowest BCUT2D eigenvalue weighted by atomic mass is 10.1. The Morgan fingerprint density at radius 2 is 2.00 bits per heavy atom. The lowest BCUT2D eigenvalue weighted by Gasteiger charge is -2.06. The van der Waals surface area contributed by atoms with Crippen LogP contribution >= 0.6 is 0 Å². The minimum atomic E-state index is -0.223. The van der Waals surface area contributed by atoms with Gasteiger partial charge in [0.05, 0.1) is 6.26 Å². The van der Waals surface area contributed by atoms with E-state index in [4.69, 9.17) is 4.42 Å². The molecule has 0 aliphatic rings. The summed E-state index contributed by atoms with van der Waals surface area (Å²) in [6.07, 6.45) is 1.74. The van der Waals surface area contributed by atoms with Crippen molar-refractivity contribution in [3.63, 3.8) is 0 Å². The number of aryl methyl sites for hydroxylation is 1. The van der Waals surface area contributed by atoms with Gasteiger partial charge in [-0.25, -0.2) is 4.39 Å². The van der Waals surface area contributed by atoms with E-state index < -0.39 is 0 Å². The Morgan fingerprint density at radius 3 is 2.84 bits per heavy atom. The monoisotopic (exact) mass is 255 g/mol. The largest absolute Gasteiger partial charge is 0.464 e. The molecule has 2 nitrogen and oxygen atoms in total. The van der Waals surface area contributed by atoms with Crippen LogP contribution < -0.4 is 5.32 Å². The molecule has 1 N–H and O–H groups in total. The number of nitrogens with one attached hydrogen (secondary N) is 1. The summed E-state index contributed by atoms with van der Waals surface area (Å²) in [5.74, 6) is -0.223. The van der Waals surface area contributed by atoms with E-state index in [1.54, 1.807) is 6.26 Å². The summed E-state index contributed by atoms with van der Waals surface area (Å²) < 4.78 is 18.8. The van der Waals surface area contributed by atoms with Crippen molar-refractivity contribution in [2.45, 2.75) is 13.5 Å². The molecule has 19 heavy (non-hydrogen) atoms. The molecule has 3 rings (SSSR count). The van der Waals surface area contributed by atoms with Crippen LogP contribution in [0.15, 0.2) is 53.1 Å². The summed E-state index contributed by atoms with van der Waals surface area (Å²) in [5.41, 5.74) is 3.62. The molecule has 0 amide bonds. The van der Waals surface area contributed by atoms with Crippen molar-refractivity contribution < 1.29 is 8.81 Å². The van der Waals surface area contributed by atoms with Crippen LogP contribution in [0.5, 0.6) is 0 Å². The van der Waals surface area contributed by atoms with Crippen LogP contribution in [0.3, 0.4) is 0 Å². The first kappa shape index (κ1) is 11.8. The Labute approximate surface area is 110 Å². The van der Waals surface area contributed by atoms with Gasteiger partial charge in [0.1, 0.15) is 11.4 Å². The van der Waals surface area contributed by atoms with E-state index in [1.807, 2.05) is 37.3 Å². The fraction of sp³-hybridized carbons (Fsp3) is 0.125. The van der Waals surface area contributed by atoms with Crippen LogP contribution in [0, 0.1) is 12.7 Å². The fourth-order valence-corrected chi connectivity index (χ4v) is 2.21. The molecule has 0 fully saturated rings. The molecule has 3 aromatic rings. The number of furan rings is 1. The van der Waals surface area contributed by atoms with Crippen LogP contribution in [-0.2, 0) is 6.54 Å². The maximum absolute atomic E-state index is 13.3. The summed E-state index contributed by atoms with van der Waals surface area (Å²) in [7, 11) is 0. The van der Waals surface area contributed by atoms with E-state index >= 15 is 0 Å². The van der Waals surface area contributed by atoms with Gasteiger partial charge in [-0.3, -0.25) is 0 Å². The maximum atomic E-state index is 13.3. The van der Waals surface area contributed by atoms with Gasteiger partial charge < -0.3 is 9.73 Å². The Kier molecular flexibility index (Phi) is 2.95. The summed E-state index contributed by atoms with van der Waals surface area (Å²) in [4.78, 5) is 0. The van der Waals surface area contributed by atoms with Crippen LogP contribution in [-0.4, -0.2) is 0 Å². The number of rotatable bonds is 3. The van der Waals surface area contributed by atoms with Gasteiger partial charge in [0.2, 0.25) is 0 Å². The van der Waals surface area contributed by atoms with E-state index in [9.17, 15) is 4.39 Å². The first-order valence-electron chi connectivity index (χ1n) is 6.18. The van der Waals surface area contributed by atoms with Gasteiger partial charge in [-0.2, -0.15) is 0 Å². The number of halogens is 1. The Hall–Kier alpha value is -2.29. The van der Waals surface area contributed by atoms with Crippen LogP contribution in [0.4, 0.5) is 10.1 Å². The zero-order valence-electron chi connectivity index (χ0n) is 10.6. The summed E-state index contributed by atoms with van der Waals surface area (Å²) >= 11 is 0. The van der Waals surface area contributed by atoms with Crippen LogP contribution in [0.2, 0.25) is 0 Å². The van der Waals surface area contributed by atoms with E-state index in [1.165, 1.54) is 12.1 Å². The molecule has 0 unspecified atom stereocenters. The Bertz CT molecular complexity index is 697. The van der Waals surface area contributed by atoms with Gasteiger partial charge in [0.15, 0.2) is 0 Å². The fourth-order valence-electron chi connectivity index (χ4n) is 2.21. The molecule has 3 heteroatoms. The molecule has 0 atom stereocenters. The maximum Gasteiger partial charge on any atom is 0.134 e. The molecular weight excluding hydrogens is 241 g/mol. The third-order valence-electron chi connectivity index (χ3n) is 3.09. The van der Waals surface area contributed by atoms with Crippen molar-refractivity contribution in [2.24, 2.45) is 0 Å². The van der Waals surface area contributed by atoms with E-state index in [-0.39, 0.29) is 5.82 Å². The molecule has 2 aromatic carbocycles. The van der Waals surface area contributed by atoms with Crippen molar-refractivity contribution in [3.8, 4) is 0 Å². The lowest BCUT2D eigenvalue weighted by Crippen LogP contribution is -1.99. The summed E-state index contributed by atoms with van der Waals surface area (Å²) in [6, 6.07) is 12.8. The summed E-state index contributed by atoms with van der Waals surface area (Å²) in [6.45, 7) is 2.49. The smallest absolute Gasteiger partial charge is 0.134 e. The number of hydrogen-bond acceptors (Lipinski definition) is 2. The zero-order chi connectivity index (χ0) is 13.2. The minimum Gasteiger partial charge on any atom is -0.464 e. The molecule has 0 spiro atoms. The second kappa shape index (κ2) is 4.76. The molecule has 0 saturated heterocycles. The first-order chi connectivity index (χ1) is 9.22. The molecule has 96 valence electrons. The standard InChI is InChI=1S/C16H14FNO/c1-11-6-13(17)8-14(7-11)18-9-12-10-19-16-5-3-2-4-15(12)16/h2-8,10,18H,9H2,1H3. The number of hydrogen-bond donors (Lipinski definition) is 1. The molecule has 0 aliphatic heterocycles. The Morgan fingerprint density at radius 1 is 1.16 bits per heavy atom. The number of benzene rings is 2. The third kappa shape index (κ3) is 2.45. The van der Waals surface area contributed by atoms with Gasteiger partial charge in [-0.1, -0.05) is 18.2 Å². The average Bonchev–Trinajstić information content (AvgIpc) is 2.78. The average molecular weight is 255 g/mol. The topological polar surface area (TPSA) is 25.2 Å². The highest BCUT2D eigenvalue weighted by molar-refractivity contribution is 5.81. The predicted octanol–water partition coefficient (Wildman–Crippen LogP) is 4.49. The van der Waals surface area contributed by atoms with Crippen molar-refractivity contribution in [3.05, 3.63) is 65.7 Å². The highest BCUT2D eigenvalue weighted by Crippen LogP contribution is 2.22. The molecule has 0 bridgehead atoms. The predicted molar refractivity (Wildman–Crippen MR) is 74.7 cm³/mol. The molecule has 1 heterocycles. The number of para-hydroxylation sites is 1. The summed E-state index contributed by atoms with van der Waals surface area (Å²) in [5, 5.41) is 4.31. The van der Waals surface area contributed by atoms with Crippen molar-refractivity contribution in [2.75, 3.05) is 5.32 Å². The van der Waals surface area contributed by atoms with E-state index in [2.05, 4.69) is 5.32 Å². The quantitative estimate of drug-likeness (QED) is 0.745. The number of anilines is 1. The molecule has 0 aliphatic carbocycles. The first-order valence-corrected chi connectivity index (χ1v) is 6.18. The van der Waals surface area contributed by atoms with Crippen molar-refractivity contribution >= 4 is 16.7 Å². The van der Waals surface area contributed by atoms with Gasteiger partial charge in [-0.05, 0) is 36.8 Å². The minimum absolute atomic E-state index is 0.223. The molecular formula is C16H14FNO. The zero-order valence-corrected chi connectivity index (χ0v) is 10.6. The second-order valence-electron chi connectivity index (χ2n) is 4.63. The second-order valence-corrected chi connectivity index (χ2v) is 4.63. The highest BCUT2D eigenvalue weighted by atomic mass is 19.1. The number of fused-ring (bicyclic) bond motifs is 1. The van der Waals surface area contributed by atoms with Gasteiger partial charge >= 0.3 is 0 Å². The van der Waals surface area contributed by atoms with E-state index in [0.717, 1.165) is 27.8 Å². The molecule has 0 saturated carbocycles. The normalized spacial score (nSPS) is 10.8. The molecule has 1 aromatic heterocycles. The SMILES string of the molecule is Cc1cc(F)cc(NCc2coc3ccccc23)c1. The van der Waals surface area contributed by atoms with Crippen molar-refractivity contribution in [1.82, 2.24) is 0 Å². The molecule has 0 radical (unpaired) electrons. The van der Waals surface area contributed by atoms with E-state index in [0.29, 0.717) is 6.54 Å². The van der Waals surface area contributed by atoms with Gasteiger partial charge in [-0.15, -0.1) is 0 Å². The van der Waals surface area contributed by atoms with Crippen LogP contribution in [0.25, 0.3) is 11.0 Å². The van der Waals surface area contributed by atoms with Crippen molar-refractivity contribution in [1.29, 1.82) is 0 Å². The highest BCUT2D eigenvalue weighted by Gasteiger charge is 2.05. The van der Waals surface area contributed by atoms with Gasteiger partial charge in [0.25, 0.3) is 0 Å².